The second-order valence-electron chi connectivity index (χ2n) is 3.29. The highest BCUT2D eigenvalue weighted by atomic mass is 127. The smallest absolute Gasteiger partial charge is 0.101 e. The Bertz CT molecular complexity index is 544. The third kappa shape index (κ3) is 2.52. The third-order valence-corrected chi connectivity index (χ3v) is 2.82. The number of hydrogen-bond donors (Lipinski definition) is 1. The van der Waals surface area contributed by atoms with Gasteiger partial charge < -0.3 is 5.32 Å². The second-order valence-corrected chi connectivity index (χ2v) is 4.54. The van der Waals surface area contributed by atoms with Crippen molar-refractivity contribution in [2.24, 2.45) is 0 Å². The highest BCUT2D eigenvalue weighted by molar-refractivity contribution is 14.1. The number of halogens is 1. The van der Waals surface area contributed by atoms with Crippen LogP contribution in [0.15, 0.2) is 48.5 Å². The molecule has 0 saturated heterocycles. The molecule has 0 radical (unpaired) electrons. The third-order valence-electron chi connectivity index (χ3n) is 2.15. The van der Waals surface area contributed by atoms with Crippen LogP contribution in [0, 0.1) is 14.9 Å². The largest absolute Gasteiger partial charge is 0.354 e. The molecule has 0 saturated carbocycles. The van der Waals surface area contributed by atoms with E-state index < -0.39 is 0 Å². The van der Waals surface area contributed by atoms with Crippen LogP contribution in [0.3, 0.4) is 0 Å². The molecule has 0 aliphatic heterocycles. The van der Waals surface area contributed by atoms with E-state index in [2.05, 4.69) is 34.0 Å². The lowest BCUT2D eigenvalue weighted by Gasteiger charge is -2.07. The van der Waals surface area contributed by atoms with Gasteiger partial charge in [0.05, 0.1) is 11.3 Å². The number of para-hydroxylation sites is 1. The molecule has 0 aromatic heterocycles. The van der Waals surface area contributed by atoms with Gasteiger partial charge in [0.1, 0.15) is 6.07 Å². The summed E-state index contributed by atoms with van der Waals surface area (Å²) in [5.74, 6) is 0. The predicted octanol–water partition coefficient (Wildman–Crippen LogP) is 3.91. The fourth-order valence-corrected chi connectivity index (χ4v) is 1.95. The van der Waals surface area contributed by atoms with E-state index in [1.54, 1.807) is 6.07 Å². The summed E-state index contributed by atoms with van der Waals surface area (Å²) in [4.78, 5) is 0. The van der Waals surface area contributed by atoms with Crippen LogP contribution in [0.1, 0.15) is 5.56 Å². The first kappa shape index (κ1) is 11.0. The predicted molar refractivity (Wildman–Crippen MR) is 73.6 cm³/mol. The number of hydrogen-bond acceptors (Lipinski definition) is 2. The molecule has 0 aliphatic rings. The Hall–Kier alpha value is -1.54. The second kappa shape index (κ2) is 4.99. The molecule has 2 nitrogen and oxygen atoms in total. The quantitative estimate of drug-likeness (QED) is 0.852. The molecule has 0 spiro atoms. The Morgan fingerprint density at radius 1 is 1.06 bits per heavy atom. The minimum atomic E-state index is 0.654. The van der Waals surface area contributed by atoms with Crippen molar-refractivity contribution in [2.45, 2.75) is 0 Å². The first-order valence-corrected chi connectivity index (χ1v) is 5.89. The molecular formula is C13H9IN2. The number of nitriles is 1. The Labute approximate surface area is 108 Å². The van der Waals surface area contributed by atoms with Crippen LogP contribution in [-0.4, -0.2) is 0 Å². The van der Waals surface area contributed by atoms with E-state index in [1.807, 2.05) is 42.5 Å². The number of nitrogens with zero attached hydrogens (tertiary/aromatic N) is 1. The Morgan fingerprint density at radius 2 is 1.88 bits per heavy atom. The maximum atomic E-state index is 8.96. The molecule has 3 heteroatoms. The molecule has 2 rings (SSSR count). The lowest BCUT2D eigenvalue weighted by Crippen LogP contribution is -1.93. The van der Waals surface area contributed by atoms with E-state index in [-0.39, 0.29) is 0 Å². The number of rotatable bonds is 2. The van der Waals surface area contributed by atoms with E-state index in [0.717, 1.165) is 14.9 Å². The van der Waals surface area contributed by atoms with Crippen LogP contribution in [0.4, 0.5) is 11.4 Å². The lowest BCUT2D eigenvalue weighted by molar-refractivity contribution is 1.46. The van der Waals surface area contributed by atoms with E-state index in [0.29, 0.717) is 5.56 Å². The van der Waals surface area contributed by atoms with Crippen molar-refractivity contribution in [1.82, 2.24) is 0 Å². The fourth-order valence-electron chi connectivity index (χ4n) is 1.41. The Kier molecular flexibility index (Phi) is 3.42. The zero-order valence-corrected chi connectivity index (χ0v) is 10.6. The summed E-state index contributed by atoms with van der Waals surface area (Å²) >= 11 is 2.26. The van der Waals surface area contributed by atoms with Gasteiger partial charge in [-0.1, -0.05) is 18.2 Å². The van der Waals surface area contributed by atoms with Crippen molar-refractivity contribution >= 4 is 34.0 Å². The summed E-state index contributed by atoms with van der Waals surface area (Å²) in [5.41, 5.74) is 2.49. The van der Waals surface area contributed by atoms with E-state index in [9.17, 15) is 0 Å². The van der Waals surface area contributed by atoms with Crippen LogP contribution in [-0.2, 0) is 0 Å². The monoisotopic (exact) mass is 320 g/mol. The van der Waals surface area contributed by atoms with Gasteiger partial charge in [-0.3, -0.25) is 0 Å². The van der Waals surface area contributed by atoms with Crippen LogP contribution in [0.25, 0.3) is 0 Å². The van der Waals surface area contributed by atoms with E-state index in [4.69, 9.17) is 5.26 Å². The highest BCUT2D eigenvalue weighted by Gasteiger charge is 2.00. The molecule has 0 fully saturated rings. The van der Waals surface area contributed by atoms with Gasteiger partial charge in [0.25, 0.3) is 0 Å². The van der Waals surface area contributed by atoms with Crippen molar-refractivity contribution in [1.29, 1.82) is 5.26 Å². The minimum Gasteiger partial charge on any atom is -0.354 e. The van der Waals surface area contributed by atoms with Gasteiger partial charge in [0.2, 0.25) is 0 Å². The first-order chi connectivity index (χ1) is 7.79. The molecule has 0 unspecified atom stereocenters. The SMILES string of the molecule is N#Cc1ccccc1Nc1cccc(I)c1. The molecule has 2 aromatic rings. The van der Waals surface area contributed by atoms with Crippen molar-refractivity contribution in [2.75, 3.05) is 5.32 Å². The normalized spacial score (nSPS) is 9.50. The van der Waals surface area contributed by atoms with E-state index in [1.165, 1.54) is 0 Å². The van der Waals surface area contributed by atoms with Crippen molar-refractivity contribution in [3.63, 3.8) is 0 Å². The molecule has 1 N–H and O–H groups in total. The van der Waals surface area contributed by atoms with Gasteiger partial charge in [0.15, 0.2) is 0 Å². The van der Waals surface area contributed by atoms with Crippen molar-refractivity contribution in [3.05, 3.63) is 57.7 Å². The number of anilines is 2. The fraction of sp³-hybridized carbons (Fsp3) is 0. The van der Waals surface area contributed by atoms with Crippen LogP contribution in [0.5, 0.6) is 0 Å². The van der Waals surface area contributed by atoms with Gasteiger partial charge in [0, 0.05) is 9.26 Å². The standard InChI is InChI=1S/C13H9IN2/c14-11-5-3-6-12(8-11)16-13-7-2-1-4-10(13)9-15/h1-8,16H. The van der Waals surface area contributed by atoms with Gasteiger partial charge in [-0.2, -0.15) is 5.26 Å². The molecular weight excluding hydrogens is 311 g/mol. The zero-order valence-electron chi connectivity index (χ0n) is 8.44. The summed E-state index contributed by atoms with van der Waals surface area (Å²) in [6.45, 7) is 0. The first-order valence-electron chi connectivity index (χ1n) is 4.81. The summed E-state index contributed by atoms with van der Waals surface area (Å²) < 4.78 is 1.16. The van der Waals surface area contributed by atoms with Crippen molar-refractivity contribution in [3.8, 4) is 6.07 Å². The number of nitrogens with one attached hydrogen (secondary N) is 1. The maximum absolute atomic E-state index is 8.96. The van der Waals surface area contributed by atoms with Crippen LogP contribution < -0.4 is 5.32 Å². The molecule has 0 aliphatic carbocycles. The molecule has 2 aromatic carbocycles. The minimum absolute atomic E-state index is 0.654. The van der Waals surface area contributed by atoms with Gasteiger partial charge in [-0.15, -0.1) is 0 Å². The van der Waals surface area contributed by atoms with Crippen LogP contribution >= 0.6 is 22.6 Å². The molecule has 0 heterocycles. The Morgan fingerprint density at radius 3 is 2.62 bits per heavy atom. The molecule has 0 amide bonds. The van der Waals surface area contributed by atoms with E-state index >= 15 is 0 Å². The molecule has 0 atom stereocenters. The average molecular weight is 320 g/mol. The number of benzene rings is 2. The van der Waals surface area contributed by atoms with Crippen molar-refractivity contribution < 1.29 is 0 Å². The molecule has 78 valence electrons. The summed E-state index contributed by atoms with van der Waals surface area (Å²) in [7, 11) is 0. The zero-order chi connectivity index (χ0) is 11.4. The summed E-state index contributed by atoms with van der Waals surface area (Å²) in [6, 6.07) is 17.7. The summed E-state index contributed by atoms with van der Waals surface area (Å²) in [6.07, 6.45) is 0. The molecule has 0 bridgehead atoms. The van der Waals surface area contributed by atoms with Gasteiger partial charge >= 0.3 is 0 Å². The Balaban J connectivity index is 2.31. The average Bonchev–Trinajstić information content (AvgIpc) is 2.30. The van der Waals surface area contributed by atoms with Gasteiger partial charge in [-0.05, 0) is 52.9 Å². The topological polar surface area (TPSA) is 35.8 Å². The van der Waals surface area contributed by atoms with Crippen LogP contribution in [0.2, 0.25) is 0 Å². The summed E-state index contributed by atoms with van der Waals surface area (Å²) in [5, 5.41) is 12.2. The highest BCUT2D eigenvalue weighted by Crippen LogP contribution is 2.21. The maximum Gasteiger partial charge on any atom is 0.101 e. The molecule has 16 heavy (non-hydrogen) atoms. The van der Waals surface area contributed by atoms with Gasteiger partial charge in [-0.25, -0.2) is 0 Å². The lowest BCUT2D eigenvalue weighted by atomic mass is 10.2.